The first-order valence-electron chi connectivity index (χ1n) is 7.32. The lowest BCUT2D eigenvalue weighted by Gasteiger charge is -2.13. The molecule has 3 heteroatoms. The highest BCUT2D eigenvalue weighted by molar-refractivity contribution is 7.99. The summed E-state index contributed by atoms with van der Waals surface area (Å²) in [5.41, 5.74) is 0.895. The van der Waals surface area contributed by atoms with E-state index in [1.54, 1.807) is 0 Å². The maximum absolute atomic E-state index is 11.9. The molecule has 2 aliphatic rings. The van der Waals surface area contributed by atoms with Crippen LogP contribution < -0.4 is 0 Å². The Balaban J connectivity index is 1.46. The minimum Gasteiger partial charge on any atom is -0.303 e. The van der Waals surface area contributed by atoms with Gasteiger partial charge >= 0.3 is 0 Å². The molecule has 0 N–H and O–H groups in total. The van der Waals surface area contributed by atoms with Gasteiger partial charge in [-0.3, -0.25) is 4.79 Å². The highest BCUT2D eigenvalue weighted by Gasteiger charge is 2.30. The van der Waals surface area contributed by atoms with Crippen molar-refractivity contribution in [3.05, 3.63) is 29.8 Å². The fraction of sp³-hybridized carbons (Fsp3) is 0.562. The Hall–Kier alpha value is -0.800. The van der Waals surface area contributed by atoms with E-state index in [4.69, 9.17) is 0 Å². The Labute approximate surface area is 119 Å². The number of carbonyl (C=O) groups excluding carboxylic acids is 1. The van der Waals surface area contributed by atoms with E-state index in [1.165, 1.54) is 37.4 Å². The molecule has 2 fully saturated rings. The van der Waals surface area contributed by atoms with Crippen LogP contribution in [0, 0.1) is 5.92 Å². The van der Waals surface area contributed by atoms with Crippen LogP contribution in [0.1, 0.15) is 36.0 Å². The Morgan fingerprint density at radius 1 is 1.16 bits per heavy atom. The Kier molecular flexibility index (Phi) is 4.24. The average molecular weight is 275 g/mol. The zero-order chi connectivity index (χ0) is 13.1. The van der Waals surface area contributed by atoms with E-state index in [2.05, 4.69) is 17.0 Å². The summed E-state index contributed by atoms with van der Waals surface area (Å²) in [5, 5.41) is 0. The van der Waals surface area contributed by atoms with Gasteiger partial charge in [0.25, 0.3) is 0 Å². The number of hydrogen-bond acceptors (Lipinski definition) is 3. The molecule has 0 amide bonds. The number of ketones is 1. The molecule has 1 aliphatic heterocycles. The second kappa shape index (κ2) is 6.10. The van der Waals surface area contributed by atoms with Crippen LogP contribution in [-0.2, 0) is 0 Å². The van der Waals surface area contributed by atoms with Crippen molar-refractivity contribution in [1.82, 2.24) is 4.90 Å². The van der Waals surface area contributed by atoms with E-state index in [-0.39, 0.29) is 0 Å². The predicted octanol–water partition coefficient (Wildman–Crippen LogP) is 3.47. The van der Waals surface area contributed by atoms with Crippen LogP contribution in [0.2, 0.25) is 0 Å². The minimum absolute atomic E-state index is 0.327. The number of benzene rings is 1. The number of thioether (sulfide) groups is 1. The van der Waals surface area contributed by atoms with Crippen molar-refractivity contribution in [3.8, 4) is 0 Å². The van der Waals surface area contributed by atoms with E-state index in [0.717, 1.165) is 24.2 Å². The van der Waals surface area contributed by atoms with Gasteiger partial charge in [0.15, 0.2) is 5.78 Å². The molecule has 1 aromatic rings. The van der Waals surface area contributed by atoms with Crippen LogP contribution in [0.5, 0.6) is 0 Å². The van der Waals surface area contributed by atoms with Gasteiger partial charge in [-0.15, -0.1) is 11.8 Å². The van der Waals surface area contributed by atoms with Gasteiger partial charge in [-0.2, -0.15) is 0 Å². The van der Waals surface area contributed by atoms with Gasteiger partial charge in [-0.05, 0) is 50.9 Å². The zero-order valence-electron chi connectivity index (χ0n) is 11.3. The molecule has 0 unspecified atom stereocenters. The zero-order valence-corrected chi connectivity index (χ0v) is 12.1. The number of carbonyl (C=O) groups is 1. The Morgan fingerprint density at radius 2 is 1.84 bits per heavy atom. The van der Waals surface area contributed by atoms with Gasteiger partial charge in [0.05, 0.1) is 0 Å². The topological polar surface area (TPSA) is 20.3 Å². The van der Waals surface area contributed by atoms with E-state index in [9.17, 15) is 4.79 Å². The van der Waals surface area contributed by atoms with E-state index >= 15 is 0 Å². The molecule has 1 heterocycles. The van der Waals surface area contributed by atoms with Crippen molar-refractivity contribution in [2.75, 3.05) is 25.4 Å². The van der Waals surface area contributed by atoms with Crippen molar-refractivity contribution in [1.29, 1.82) is 0 Å². The number of rotatable bonds is 6. The molecule has 102 valence electrons. The molecular formula is C16H21NOS. The fourth-order valence-electron chi connectivity index (χ4n) is 2.60. The maximum Gasteiger partial charge on any atom is 0.165 e. The maximum atomic E-state index is 11.9. The molecule has 0 spiro atoms. The van der Waals surface area contributed by atoms with E-state index in [0.29, 0.717) is 11.7 Å². The lowest BCUT2D eigenvalue weighted by atomic mass is 10.1. The van der Waals surface area contributed by atoms with Gasteiger partial charge in [-0.25, -0.2) is 0 Å². The molecule has 0 radical (unpaired) electrons. The van der Waals surface area contributed by atoms with Crippen LogP contribution in [0.15, 0.2) is 29.2 Å². The minimum atomic E-state index is 0.327. The molecule has 2 nitrogen and oxygen atoms in total. The SMILES string of the molecule is O=C(c1ccc(SCCN2CCCC2)cc1)C1CC1. The lowest BCUT2D eigenvalue weighted by Crippen LogP contribution is -2.21. The second-order valence-corrected chi connectivity index (χ2v) is 6.73. The molecule has 1 aromatic carbocycles. The molecule has 3 rings (SSSR count). The lowest BCUT2D eigenvalue weighted by molar-refractivity contribution is 0.0967. The first kappa shape index (κ1) is 13.2. The molecule has 0 bridgehead atoms. The van der Waals surface area contributed by atoms with Crippen LogP contribution in [0.25, 0.3) is 0 Å². The standard InChI is InChI=1S/C16H21NOS/c18-16(13-3-4-13)14-5-7-15(8-6-14)19-12-11-17-9-1-2-10-17/h5-8,13H,1-4,9-12H2. The Morgan fingerprint density at radius 3 is 2.47 bits per heavy atom. The van der Waals surface area contributed by atoms with Gasteiger partial charge in [0, 0.05) is 28.7 Å². The number of hydrogen-bond donors (Lipinski definition) is 0. The predicted molar refractivity (Wildman–Crippen MR) is 79.9 cm³/mol. The fourth-order valence-corrected chi connectivity index (χ4v) is 3.51. The molecule has 0 atom stereocenters. The monoisotopic (exact) mass is 275 g/mol. The highest BCUT2D eigenvalue weighted by Crippen LogP contribution is 2.33. The summed E-state index contributed by atoms with van der Waals surface area (Å²) in [6, 6.07) is 8.20. The van der Waals surface area contributed by atoms with Crippen molar-refractivity contribution >= 4 is 17.5 Å². The number of likely N-dealkylation sites (tertiary alicyclic amines) is 1. The summed E-state index contributed by atoms with van der Waals surface area (Å²) >= 11 is 1.90. The first-order valence-corrected chi connectivity index (χ1v) is 8.31. The first-order chi connectivity index (χ1) is 9.33. The second-order valence-electron chi connectivity index (χ2n) is 5.56. The van der Waals surface area contributed by atoms with E-state index in [1.807, 2.05) is 23.9 Å². The van der Waals surface area contributed by atoms with Crippen molar-refractivity contribution in [2.24, 2.45) is 5.92 Å². The smallest absolute Gasteiger partial charge is 0.165 e. The third-order valence-corrected chi connectivity index (χ3v) is 4.95. The summed E-state index contributed by atoms with van der Waals surface area (Å²) in [5.74, 6) is 1.82. The van der Waals surface area contributed by atoms with Crippen LogP contribution in [0.3, 0.4) is 0 Å². The van der Waals surface area contributed by atoms with Crippen molar-refractivity contribution in [3.63, 3.8) is 0 Å². The van der Waals surface area contributed by atoms with Crippen LogP contribution in [0.4, 0.5) is 0 Å². The molecule has 1 aliphatic carbocycles. The summed E-state index contributed by atoms with van der Waals surface area (Å²) in [4.78, 5) is 15.7. The van der Waals surface area contributed by atoms with Gasteiger partial charge in [-0.1, -0.05) is 12.1 Å². The molecule has 19 heavy (non-hydrogen) atoms. The largest absolute Gasteiger partial charge is 0.303 e. The average Bonchev–Trinajstić information content (AvgIpc) is 3.17. The van der Waals surface area contributed by atoms with Crippen molar-refractivity contribution < 1.29 is 4.79 Å². The molecule has 1 saturated heterocycles. The molecule has 1 saturated carbocycles. The molecular weight excluding hydrogens is 254 g/mol. The third kappa shape index (κ3) is 3.61. The van der Waals surface area contributed by atoms with Crippen LogP contribution >= 0.6 is 11.8 Å². The summed E-state index contributed by atoms with van der Waals surface area (Å²) < 4.78 is 0. The normalized spacial score (nSPS) is 19.8. The quantitative estimate of drug-likeness (QED) is 0.586. The summed E-state index contributed by atoms with van der Waals surface area (Å²) in [6.45, 7) is 3.73. The van der Waals surface area contributed by atoms with Crippen LogP contribution in [-0.4, -0.2) is 36.1 Å². The van der Waals surface area contributed by atoms with E-state index < -0.39 is 0 Å². The molecule has 0 aromatic heterocycles. The van der Waals surface area contributed by atoms with Gasteiger partial charge in [0.1, 0.15) is 0 Å². The van der Waals surface area contributed by atoms with Gasteiger partial charge in [0.2, 0.25) is 0 Å². The highest BCUT2D eigenvalue weighted by atomic mass is 32.2. The Bertz CT molecular complexity index is 433. The summed E-state index contributed by atoms with van der Waals surface area (Å²) in [6.07, 6.45) is 4.90. The number of Topliss-reactive ketones (excluding diaryl/α,β-unsaturated/α-hetero) is 1. The summed E-state index contributed by atoms with van der Waals surface area (Å²) in [7, 11) is 0. The third-order valence-electron chi connectivity index (χ3n) is 3.96. The number of nitrogens with zero attached hydrogens (tertiary/aromatic N) is 1. The van der Waals surface area contributed by atoms with Gasteiger partial charge < -0.3 is 4.90 Å². The van der Waals surface area contributed by atoms with Crippen molar-refractivity contribution in [2.45, 2.75) is 30.6 Å².